The van der Waals surface area contributed by atoms with E-state index < -0.39 is 11.6 Å². The van der Waals surface area contributed by atoms with Gasteiger partial charge in [-0.05, 0) is 38.0 Å². The SMILES string of the molecule is CCC1(C)C(=O)NC(C(C)C)C(=O)N1CC1CCOCC1. The monoisotopic (exact) mass is 296 g/mol. The third kappa shape index (κ3) is 3.07. The van der Waals surface area contributed by atoms with E-state index in [2.05, 4.69) is 5.32 Å². The number of amides is 2. The van der Waals surface area contributed by atoms with Crippen LogP contribution in [-0.2, 0) is 14.3 Å². The van der Waals surface area contributed by atoms with Gasteiger partial charge in [-0.3, -0.25) is 9.59 Å². The zero-order valence-corrected chi connectivity index (χ0v) is 13.6. The van der Waals surface area contributed by atoms with Crippen molar-refractivity contribution in [3.05, 3.63) is 0 Å². The fourth-order valence-electron chi connectivity index (χ4n) is 3.17. The summed E-state index contributed by atoms with van der Waals surface area (Å²) in [5.74, 6) is 0.600. The van der Waals surface area contributed by atoms with Crippen LogP contribution in [0.3, 0.4) is 0 Å². The van der Waals surface area contributed by atoms with Crippen molar-refractivity contribution < 1.29 is 14.3 Å². The number of nitrogens with one attached hydrogen (secondary N) is 1. The second-order valence-corrected chi connectivity index (χ2v) is 6.83. The second-order valence-electron chi connectivity index (χ2n) is 6.83. The number of nitrogens with zero attached hydrogens (tertiary/aromatic N) is 1. The lowest BCUT2D eigenvalue weighted by Crippen LogP contribution is -2.70. The molecule has 0 saturated carbocycles. The van der Waals surface area contributed by atoms with Crippen molar-refractivity contribution in [3.8, 4) is 0 Å². The summed E-state index contributed by atoms with van der Waals surface area (Å²) >= 11 is 0. The van der Waals surface area contributed by atoms with Gasteiger partial charge < -0.3 is 15.0 Å². The van der Waals surface area contributed by atoms with Gasteiger partial charge in [-0.25, -0.2) is 0 Å². The Kier molecular flexibility index (Phi) is 4.91. The van der Waals surface area contributed by atoms with Gasteiger partial charge in [0.25, 0.3) is 0 Å². The maximum atomic E-state index is 12.8. The maximum Gasteiger partial charge on any atom is 0.246 e. The molecule has 0 aliphatic carbocycles. The van der Waals surface area contributed by atoms with Gasteiger partial charge in [-0.1, -0.05) is 20.8 Å². The van der Waals surface area contributed by atoms with Crippen LogP contribution in [0.5, 0.6) is 0 Å². The molecule has 2 atom stereocenters. The summed E-state index contributed by atoms with van der Waals surface area (Å²) < 4.78 is 5.39. The molecular weight excluding hydrogens is 268 g/mol. The summed E-state index contributed by atoms with van der Waals surface area (Å²) in [5, 5.41) is 2.92. The Morgan fingerprint density at radius 2 is 1.95 bits per heavy atom. The molecule has 0 aromatic carbocycles. The van der Waals surface area contributed by atoms with Gasteiger partial charge in [0.05, 0.1) is 0 Å². The number of piperazine rings is 1. The molecule has 0 aromatic heterocycles. The maximum absolute atomic E-state index is 12.8. The number of rotatable bonds is 4. The van der Waals surface area contributed by atoms with Gasteiger partial charge in [0.1, 0.15) is 11.6 Å². The van der Waals surface area contributed by atoms with E-state index in [1.165, 1.54) is 0 Å². The standard InChI is InChI=1S/C16H28N2O3/c1-5-16(4)15(20)17-13(11(2)3)14(19)18(16)10-12-6-8-21-9-7-12/h11-13H,5-10H2,1-4H3,(H,17,20). The second kappa shape index (κ2) is 6.34. The van der Waals surface area contributed by atoms with Gasteiger partial charge in [0, 0.05) is 19.8 Å². The molecule has 2 amide bonds. The Balaban J connectivity index is 2.21. The van der Waals surface area contributed by atoms with Crippen LogP contribution in [0.15, 0.2) is 0 Å². The lowest BCUT2D eigenvalue weighted by atomic mass is 9.86. The molecule has 2 aliphatic heterocycles. The molecule has 120 valence electrons. The molecule has 0 spiro atoms. The quantitative estimate of drug-likeness (QED) is 0.856. The van der Waals surface area contributed by atoms with E-state index in [0.717, 1.165) is 26.1 Å². The first-order chi connectivity index (χ1) is 9.90. The molecule has 5 nitrogen and oxygen atoms in total. The van der Waals surface area contributed by atoms with E-state index in [1.807, 2.05) is 32.6 Å². The van der Waals surface area contributed by atoms with Crippen molar-refractivity contribution in [3.63, 3.8) is 0 Å². The Hall–Kier alpha value is -1.10. The minimum absolute atomic E-state index is 0.0182. The number of ether oxygens (including phenoxy) is 1. The predicted molar refractivity (Wildman–Crippen MR) is 80.7 cm³/mol. The number of hydrogen-bond acceptors (Lipinski definition) is 3. The van der Waals surface area contributed by atoms with Gasteiger partial charge >= 0.3 is 0 Å². The van der Waals surface area contributed by atoms with Crippen LogP contribution in [0.25, 0.3) is 0 Å². The number of hydrogen-bond donors (Lipinski definition) is 1. The van der Waals surface area contributed by atoms with Crippen molar-refractivity contribution >= 4 is 11.8 Å². The van der Waals surface area contributed by atoms with E-state index in [0.29, 0.717) is 18.9 Å². The van der Waals surface area contributed by atoms with E-state index in [1.54, 1.807) is 0 Å². The van der Waals surface area contributed by atoms with Crippen LogP contribution in [0.2, 0.25) is 0 Å². The van der Waals surface area contributed by atoms with Crippen LogP contribution >= 0.6 is 0 Å². The third-order valence-corrected chi connectivity index (χ3v) is 5.04. The molecule has 2 heterocycles. The molecule has 1 N–H and O–H groups in total. The number of carbonyl (C=O) groups is 2. The van der Waals surface area contributed by atoms with Crippen molar-refractivity contribution in [1.29, 1.82) is 0 Å². The van der Waals surface area contributed by atoms with Gasteiger partial charge in [-0.2, -0.15) is 0 Å². The fourth-order valence-corrected chi connectivity index (χ4v) is 3.17. The summed E-state index contributed by atoms with van der Waals surface area (Å²) in [6, 6.07) is -0.392. The third-order valence-electron chi connectivity index (χ3n) is 5.04. The molecule has 0 bridgehead atoms. The summed E-state index contributed by atoms with van der Waals surface area (Å²) in [5.41, 5.74) is -0.721. The highest BCUT2D eigenvalue weighted by atomic mass is 16.5. The van der Waals surface area contributed by atoms with Crippen molar-refractivity contribution in [2.75, 3.05) is 19.8 Å². The summed E-state index contributed by atoms with van der Waals surface area (Å²) in [4.78, 5) is 27.2. The number of carbonyl (C=O) groups excluding carboxylic acids is 2. The largest absolute Gasteiger partial charge is 0.381 e. The minimum Gasteiger partial charge on any atom is -0.381 e. The van der Waals surface area contributed by atoms with E-state index in [4.69, 9.17) is 4.74 Å². The first-order valence-electron chi connectivity index (χ1n) is 8.10. The molecule has 2 aliphatic rings. The minimum atomic E-state index is -0.721. The molecule has 2 rings (SSSR count). The van der Waals surface area contributed by atoms with Gasteiger partial charge in [-0.15, -0.1) is 0 Å². The normalized spacial score (nSPS) is 31.7. The summed E-state index contributed by atoms with van der Waals surface area (Å²) in [6.07, 6.45) is 2.58. The molecule has 2 unspecified atom stereocenters. The highest BCUT2D eigenvalue weighted by molar-refractivity contribution is 5.99. The first kappa shape index (κ1) is 16.3. The molecule has 2 fully saturated rings. The lowest BCUT2D eigenvalue weighted by molar-refractivity contribution is -0.159. The summed E-state index contributed by atoms with van der Waals surface area (Å²) in [6.45, 7) is 10.00. The van der Waals surface area contributed by atoms with Crippen LogP contribution in [0.1, 0.15) is 47.0 Å². The topological polar surface area (TPSA) is 58.6 Å². The lowest BCUT2D eigenvalue weighted by Gasteiger charge is -2.48. The first-order valence-corrected chi connectivity index (χ1v) is 8.10. The van der Waals surface area contributed by atoms with E-state index >= 15 is 0 Å². The molecule has 2 saturated heterocycles. The molecule has 0 radical (unpaired) electrons. The van der Waals surface area contributed by atoms with Crippen LogP contribution in [0.4, 0.5) is 0 Å². The van der Waals surface area contributed by atoms with Crippen LogP contribution < -0.4 is 5.32 Å². The Morgan fingerprint density at radius 3 is 2.48 bits per heavy atom. The molecule has 5 heteroatoms. The van der Waals surface area contributed by atoms with Gasteiger partial charge in [0.2, 0.25) is 11.8 Å². The highest BCUT2D eigenvalue weighted by Gasteiger charge is 2.49. The highest BCUT2D eigenvalue weighted by Crippen LogP contribution is 2.29. The molecule has 0 aromatic rings. The average molecular weight is 296 g/mol. The van der Waals surface area contributed by atoms with Crippen molar-refractivity contribution in [2.24, 2.45) is 11.8 Å². The zero-order chi connectivity index (χ0) is 15.6. The van der Waals surface area contributed by atoms with Crippen LogP contribution in [0, 0.1) is 11.8 Å². The van der Waals surface area contributed by atoms with E-state index in [9.17, 15) is 9.59 Å². The van der Waals surface area contributed by atoms with Crippen LogP contribution in [-0.4, -0.2) is 48.1 Å². The molecule has 21 heavy (non-hydrogen) atoms. The average Bonchev–Trinajstić information content (AvgIpc) is 2.48. The smallest absolute Gasteiger partial charge is 0.246 e. The van der Waals surface area contributed by atoms with Crippen molar-refractivity contribution in [2.45, 2.75) is 58.5 Å². The Bertz CT molecular complexity index is 404. The van der Waals surface area contributed by atoms with Gasteiger partial charge in [0.15, 0.2) is 0 Å². The Labute approximate surface area is 127 Å². The Morgan fingerprint density at radius 1 is 1.33 bits per heavy atom. The predicted octanol–water partition coefficient (Wildman–Crippen LogP) is 1.56. The van der Waals surface area contributed by atoms with E-state index in [-0.39, 0.29) is 17.7 Å². The fraction of sp³-hybridized carbons (Fsp3) is 0.875. The summed E-state index contributed by atoms with van der Waals surface area (Å²) in [7, 11) is 0. The zero-order valence-electron chi connectivity index (χ0n) is 13.6. The van der Waals surface area contributed by atoms with Crippen molar-refractivity contribution in [1.82, 2.24) is 10.2 Å². The molecular formula is C16H28N2O3.